The number of hydrogen-bond donors (Lipinski definition) is 0. The Hall–Kier alpha value is -1.06. The number of rotatable bonds is 3. The Kier molecular flexibility index (Phi) is 4.98. The molecule has 23 heavy (non-hydrogen) atoms. The molecular weight excluding hydrogens is 493 g/mol. The van der Waals surface area contributed by atoms with Crippen LogP contribution in [0.15, 0.2) is 44.1 Å². The maximum absolute atomic E-state index is 12.4. The molecule has 3 rings (SSSR count). The largest absolute Gasteiger partial charge is 0.450 e. The van der Waals surface area contributed by atoms with Crippen molar-refractivity contribution in [2.75, 3.05) is 0 Å². The molecule has 0 spiro atoms. The van der Waals surface area contributed by atoms with E-state index in [0.717, 1.165) is 27.4 Å². The highest BCUT2D eigenvalue weighted by molar-refractivity contribution is 14.1. The number of hydrogen-bond acceptors (Lipinski definition) is 4. The first kappa shape index (κ1) is 16.8. The number of furan rings is 1. The number of aryl methyl sites for hydroxylation is 1. The zero-order chi connectivity index (χ0) is 16.6. The molecule has 1 aliphatic heterocycles. The Morgan fingerprint density at radius 2 is 2.00 bits per heavy atom. The van der Waals surface area contributed by atoms with Crippen LogP contribution in [0.5, 0.6) is 0 Å². The Bertz CT molecular complexity index is 794. The third-order valence-electron chi connectivity index (χ3n) is 3.27. The van der Waals surface area contributed by atoms with Crippen molar-refractivity contribution in [2.45, 2.75) is 13.5 Å². The number of amides is 2. The van der Waals surface area contributed by atoms with Crippen LogP contribution in [-0.2, 0) is 11.3 Å². The lowest BCUT2D eigenvalue weighted by molar-refractivity contribution is -0.123. The molecule has 2 aromatic rings. The number of benzene rings is 1. The lowest BCUT2D eigenvalue weighted by Gasteiger charge is -2.12. The molecule has 0 atom stereocenters. The first-order valence-electron chi connectivity index (χ1n) is 6.70. The van der Waals surface area contributed by atoms with Crippen LogP contribution in [0.1, 0.15) is 16.9 Å². The highest BCUT2D eigenvalue weighted by Crippen LogP contribution is 2.34. The minimum absolute atomic E-state index is 0.262. The van der Waals surface area contributed by atoms with Gasteiger partial charge >= 0.3 is 0 Å². The summed E-state index contributed by atoms with van der Waals surface area (Å²) in [4.78, 5) is 26.2. The van der Waals surface area contributed by atoms with Gasteiger partial charge in [0.15, 0.2) is 3.77 Å². The maximum atomic E-state index is 12.4. The van der Waals surface area contributed by atoms with Crippen LogP contribution >= 0.6 is 50.3 Å². The molecule has 1 aromatic carbocycles. The summed E-state index contributed by atoms with van der Waals surface area (Å²) in [5.74, 6) is 0.255. The van der Waals surface area contributed by atoms with E-state index in [1.165, 1.54) is 4.90 Å². The van der Waals surface area contributed by atoms with Crippen molar-refractivity contribution < 1.29 is 14.0 Å². The van der Waals surface area contributed by atoms with Gasteiger partial charge in [-0.15, -0.1) is 0 Å². The molecule has 0 N–H and O–H groups in total. The second kappa shape index (κ2) is 6.82. The summed E-state index contributed by atoms with van der Waals surface area (Å²) in [7, 11) is 0. The van der Waals surface area contributed by atoms with Crippen LogP contribution in [0.2, 0.25) is 0 Å². The van der Waals surface area contributed by atoms with Gasteiger partial charge in [0.2, 0.25) is 0 Å². The molecule has 1 fully saturated rings. The first-order chi connectivity index (χ1) is 10.9. The topological polar surface area (TPSA) is 50.5 Å². The van der Waals surface area contributed by atoms with Crippen molar-refractivity contribution in [2.24, 2.45) is 0 Å². The predicted octanol–water partition coefficient (Wildman–Crippen LogP) is 5.19. The van der Waals surface area contributed by atoms with Crippen molar-refractivity contribution in [1.29, 1.82) is 0 Å². The highest BCUT2D eigenvalue weighted by atomic mass is 127. The van der Waals surface area contributed by atoms with Crippen molar-refractivity contribution in [1.82, 2.24) is 4.90 Å². The van der Waals surface area contributed by atoms with Crippen molar-refractivity contribution in [3.63, 3.8) is 0 Å². The normalized spacial score (nSPS) is 16.7. The van der Waals surface area contributed by atoms with Crippen LogP contribution in [0, 0.1) is 10.7 Å². The van der Waals surface area contributed by atoms with Gasteiger partial charge in [0.25, 0.3) is 11.1 Å². The zero-order valence-corrected chi connectivity index (χ0v) is 16.6. The molecule has 7 heteroatoms. The molecule has 4 nitrogen and oxygen atoms in total. The Morgan fingerprint density at radius 3 is 2.61 bits per heavy atom. The van der Waals surface area contributed by atoms with E-state index in [4.69, 9.17) is 4.42 Å². The Morgan fingerprint density at radius 1 is 1.30 bits per heavy atom. The summed E-state index contributed by atoms with van der Waals surface area (Å²) >= 11 is 6.34. The lowest BCUT2D eigenvalue weighted by Crippen LogP contribution is -2.27. The van der Waals surface area contributed by atoms with Gasteiger partial charge in [-0.3, -0.25) is 14.5 Å². The fourth-order valence-corrected chi connectivity index (χ4v) is 3.61. The monoisotopic (exact) mass is 503 g/mol. The molecule has 2 amide bonds. The fourth-order valence-electron chi connectivity index (χ4n) is 2.08. The van der Waals surface area contributed by atoms with Gasteiger partial charge in [-0.25, -0.2) is 0 Å². The number of carbonyl (C=O) groups excluding carboxylic acids is 2. The summed E-state index contributed by atoms with van der Waals surface area (Å²) < 4.78 is 7.02. The molecular formula is C16H11BrINO3S. The van der Waals surface area contributed by atoms with Gasteiger partial charge < -0.3 is 4.42 Å². The van der Waals surface area contributed by atoms with E-state index in [0.29, 0.717) is 14.4 Å². The quantitative estimate of drug-likeness (QED) is 0.427. The molecule has 0 radical (unpaired) electrons. The molecule has 1 saturated heterocycles. The molecule has 0 saturated carbocycles. The van der Waals surface area contributed by atoms with Crippen LogP contribution in [-0.4, -0.2) is 16.0 Å². The van der Waals surface area contributed by atoms with Gasteiger partial charge in [0.05, 0.1) is 15.9 Å². The van der Waals surface area contributed by atoms with Crippen molar-refractivity contribution >= 4 is 67.5 Å². The number of carbonyl (C=O) groups is 2. The van der Waals surface area contributed by atoms with E-state index in [2.05, 4.69) is 38.5 Å². The Labute approximate surface area is 159 Å². The van der Waals surface area contributed by atoms with Gasteiger partial charge in [-0.05, 0) is 46.2 Å². The van der Waals surface area contributed by atoms with E-state index in [9.17, 15) is 9.59 Å². The molecule has 0 unspecified atom stereocenters. The third-order valence-corrected chi connectivity index (χ3v) is 6.31. The second-order valence-corrected chi connectivity index (χ2v) is 7.85. The van der Waals surface area contributed by atoms with Crippen LogP contribution in [0.25, 0.3) is 6.08 Å². The van der Waals surface area contributed by atoms with E-state index in [1.807, 2.05) is 31.2 Å². The number of nitrogens with zero attached hydrogens (tertiary/aromatic N) is 1. The summed E-state index contributed by atoms with van der Waals surface area (Å²) in [6.07, 6.45) is 1.60. The molecule has 0 bridgehead atoms. The van der Waals surface area contributed by atoms with Crippen molar-refractivity contribution in [3.05, 3.63) is 60.4 Å². The average Bonchev–Trinajstić information content (AvgIpc) is 2.95. The van der Waals surface area contributed by atoms with E-state index >= 15 is 0 Å². The molecule has 2 heterocycles. The van der Waals surface area contributed by atoms with Crippen LogP contribution in [0.4, 0.5) is 4.79 Å². The molecule has 1 aliphatic rings. The minimum Gasteiger partial charge on any atom is -0.450 e. The van der Waals surface area contributed by atoms with Crippen molar-refractivity contribution in [3.8, 4) is 0 Å². The lowest BCUT2D eigenvalue weighted by atomic mass is 10.1. The number of halogens is 2. The van der Waals surface area contributed by atoms with Gasteiger partial charge in [-0.2, -0.15) is 0 Å². The Balaban J connectivity index is 1.80. The van der Waals surface area contributed by atoms with Crippen LogP contribution < -0.4 is 0 Å². The zero-order valence-electron chi connectivity index (χ0n) is 12.0. The first-order valence-corrected chi connectivity index (χ1v) is 9.38. The van der Waals surface area contributed by atoms with Gasteiger partial charge in [0.1, 0.15) is 5.76 Å². The molecule has 1 aromatic heterocycles. The standard InChI is InChI=1S/C16H11BrINO3S/c1-9-2-4-10(5-3-9)8-19-15(20)13(23-16(19)21)7-11-6-12(17)14(18)22-11/h2-7H,8H2,1H3/b13-7-. The smallest absolute Gasteiger partial charge is 0.293 e. The fraction of sp³-hybridized carbons (Fsp3) is 0.125. The minimum atomic E-state index is -0.289. The summed E-state index contributed by atoms with van der Waals surface area (Å²) in [5, 5.41) is -0.262. The van der Waals surface area contributed by atoms with Gasteiger partial charge in [-0.1, -0.05) is 29.8 Å². The van der Waals surface area contributed by atoms with E-state index < -0.39 is 0 Å². The summed E-state index contributed by atoms with van der Waals surface area (Å²) in [6, 6.07) is 9.55. The van der Waals surface area contributed by atoms with Crippen LogP contribution in [0.3, 0.4) is 0 Å². The average molecular weight is 504 g/mol. The van der Waals surface area contributed by atoms with E-state index in [-0.39, 0.29) is 17.7 Å². The second-order valence-electron chi connectivity index (χ2n) is 5.02. The highest BCUT2D eigenvalue weighted by Gasteiger charge is 2.35. The molecule has 0 aliphatic carbocycles. The third kappa shape index (κ3) is 3.72. The van der Waals surface area contributed by atoms with Gasteiger partial charge in [0, 0.05) is 28.7 Å². The predicted molar refractivity (Wildman–Crippen MR) is 102 cm³/mol. The van der Waals surface area contributed by atoms with E-state index in [1.54, 1.807) is 12.1 Å². The number of imide groups is 1. The summed E-state index contributed by atoms with van der Waals surface area (Å²) in [6.45, 7) is 2.27. The molecule has 118 valence electrons. The maximum Gasteiger partial charge on any atom is 0.293 e. The SMILES string of the molecule is Cc1ccc(CN2C(=O)S/C(=C\c3cc(Br)c(I)o3)C2=O)cc1. The number of thioether (sulfide) groups is 1. The summed E-state index contributed by atoms with van der Waals surface area (Å²) in [5.41, 5.74) is 2.07.